The number of hydrogen-bond donors (Lipinski definition) is 0. The molecule has 0 saturated carbocycles. The van der Waals surface area contributed by atoms with Crippen LogP contribution in [0.5, 0.6) is 5.75 Å². The summed E-state index contributed by atoms with van der Waals surface area (Å²) in [5.41, 5.74) is 1.25. The highest BCUT2D eigenvalue weighted by Crippen LogP contribution is 2.19. The molecule has 0 aliphatic heterocycles. The molecule has 3 heteroatoms. The van der Waals surface area contributed by atoms with E-state index < -0.39 is 0 Å². The number of allylic oxidation sites excluding steroid dienone is 1. The second-order valence-electron chi connectivity index (χ2n) is 4.44. The Hall–Kier alpha value is -1.77. The lowest BCUT2D eigenvalue weighted by atomic mass is 10.0. The number of rotatable bonds is 5. The summed E-state index contributed by atoms with van der Waals surface area (Å²) in [6, 6.07) is 7.78. The highest BCUT2D eigenvalue weighted by atomic mass is 16.5. The van der Waals surface area contributed by atoms with E-state index in [1.165, 1.54) is 5.56 Å². The van der Waals surface area contributed by atoms with Gasteiger partial charge in [0.05, 0.1) is 0 Å². The van der Waals surface area contributed by atoms with Crippen LogP contribution in [0.2, 0.25) is 0 Å². The van der Waals surface area contributed by atoms with Crippen molar-refractivity contribution < 1.29 is 9.53 Å². The van der Waals surface area contributed by atoms with Crippen molar-refractivity contribution in [3.8, 4) is 5.75 Å². The molecule has 1 aromatic rings. The lowest BCUT2D eigenvalue weighted by molar-refractivity contribution is -0.106. The topological polar surface area (TPSA) is 29.5 Å². The fraction of sp³-hybridized carbons (Fsp3) is 0.357. The van der Waals surface area contributed by atoms with Crippen LogP contribution in [0.4, 0.5) is 0 Å². The van der Waals surface area contributed by atoms with E-state index in [0.29, 0.717) is 23.7 Å². The largest absolute Gasteiger partial charge is 0.452 e. The maximum Gasteiger partial charge on any atom is 0.186 e. The molecule has 0 aliphatic carbocycles. The van der Waals surface area contributed by atoms with Crippen LogP contribution in [0.3, 0.4) is 0 Å². The molecule has 0 radical (unpaired) electrons. The molecule has 0 bridgehead atoms. The summed E-state index contributed by atoms with van der Waals surface area (Å²) >= 11 is 0. The predicted octanol–water partition coefficient (Wildman–Crippen LogP) is 2.79. The van der Waals surface area contributed by atoms with Crippen LogP contribution >= 0.6 is 0 Å². The van der Waals surface area contributed by atoms with Gasteiger partial charge in [-0.05, 0) is 23.6 Å². The van der Waals surface area contributed by atoms with Crippen molar-refractivity contribution in [2.45, 2.75) is 19.8 Å². The first kappa shape index (κ1) is 13.3. The number of carbonyl (C=O) groups excluding carboxylic acids is 1. The van der Waals surface area contributed by atoms with Crippen molar-refractivity contribution >= 4 is 6.29 Å². The molecule has 17 heavy (non-hydrogen) atoms. The van der Waals surface area contributed by atoms with Crippen LogP contribution in [0.25, 0.3) is 0 Å². The third-order valence-corrected chi connectivity index (χ3v) is 2.28. The van der Waals surface area contributed by atoms with Gasteiger partial charge in [-0.3, -0.25) is 4.79 Å². The lowest BCUT2D eigenvalue weighted by Gasteiger charge is -2.10. The molecule has 0 fully saturated rings. The molecule has 0 saturated heterocycles. The van der Waals surface area contributed by atoms with Gasteiger partial charge in [-0.25, -0.2) is 0 Å². The van der Waals surface area contributed by atoms with Gasteiger partial charge in [0.2, 0.25) is 0 Å². The second-order valence-corrected chi connectivity index (χ2v) is 4.44. The number of hydrogen-bond acceptors (Lipinski definition) is 3. The van der Waals surface area contributed by atoms with Gasteiger partial charge in [0.25, 0.3) is 0 Å². The van der Waals surface area contributed by atoms with Crippen molar-refractivity contribution in [3.63, 3.8) is 0 Å². The van der Waals surface area contributed by atoms with Crippen LogP contribution < -0.4 is 4.74 Å². The third-order valence-electron chi connectivity index (χ3n) is 2.28. The average molecular weight is 233 g/mol. The zero-order valence-corrected chi connectivity index (χ0v) is 10.8. The van der Waals surface area contributed by atoms with Crippen LogP contribution in [0.1, 0.15) is 25.3 Å². The maximum atomic E-state index is 10.8. The summed E-state index contributed by atoms with van der Waals surface area (Å²) in [7, 11) is 3.68. The molecule has 0 unspecified atom stereocenters. The van der Waals surface area contributed by atoms with E-state index in [2.05, 4.69) is 13.8 Å². The Labute approximate surface area is 103 Å². The van der Waals surface area contributed by atoms with Gasteiger partial charge in [0, 0.05) is 20.3 Å². The zero-order chi connectivity index (χ0) is 12.8. The summed E-state index contributed by atoms with van der Waals surface area (Å²) in [6.45, 7) is 4.28. The van der Waals surface area contributed by atoms with E-state index in [1.54, 1.807) is 11.1 Å². The molecule has 3 nitrogen and oxygen atoms in total. The van der Waals surface area contributed by atoms with Gasteiger partial charge in [0.1, 0.15) is 5.75 Å². The smallest absolute Gasteiger partial charge is 0.186 e. The zero-order valence-electron chi connectivity index (χ0n) is 10.8. The summed E-state index contributed by atoms with van der Waals surface area (Å²) in [4.78, 5) is 12.6. The van der Waals surface area contributed by atoms with Gasteiger partial charge >= 0.3 is 0 Å². The first-order chi connectivity index (χ1) is 8.02. The molecule has 0 aromatic heterocycles. The number of benzene rings is 1. The SMILES string of the molecule is CC(C)c1ccc(O/C(C=O)=C/N(C)C)cc1. The van der Waals surface area contributed by atoms with E-state index in [-0.39, 0.29) is 0 Å². The van der Waals surface area contributed by atoms with Crippen LogP contribution in [-0.2, 0) is 4.79 Å². The van der Waals surface area contributed by atoms with Gasteiger partial charge in [-0.15, -0.1) is 0 Å². The van der Waals surface area contributed by atoms with E-state index in [9.17, 15) is 4.79 Å². The van der Waals surface area contributed by atoms with Gasteiger partial charge in [-0.1, -0.05) is 26.0 Å². The number of ether oxygens (including phenoxy) is 1. The van der Waals surface area contributed by atoms with Crippen molar-refractivity contribution in [3.05, 3.63) is 41.8 Å². The summed E-state index contributed by atoms with van der Waals surface area (Å²) < 4.78 is 5.46. The molecular weight excluding hydrogens is 214 g/mol. The molecule has 0 atom stereocenters. The van der Waals surface area contributed by atoms with Crippen LogP contribution in [0, 0.1) is 0 Å². The monoisotopic (exact) mass is 233 g/mol. The molecule has 0 amide bonds. The lowest BCUT2D eigenvalue weighted by Crippen LogP contribution is -2.07. The van der Waals surface area contributed by atoms with Crippen molar-refractivity contribution in [1.29, 1.82) is 0 Å². The standard InChI is InChI=1S/C14H19NO2/c1-11(2)12-5-7-13(8-6-12)17-14(10-16)9-15(3)4/h5-11H,1-4H3/b14-9+. The van der Waals surface area contributed by atoms with E-state index >= 15 is 0 Å². The van der Waals surface area contributed by atoms with Crippen LogP contribution in [0.15, 0.2) is 36.2 Å². The fourth-order valence-corrected chi connectivity index (χ4v) is 1.39. The molecular formula is C14H19NO2. The summed E-state index contributed by atoms with van der Waals surface area (Å²) in [5, 5.41) is 0. The Bertz CT molecular complexity index is 391. The third kappa shape index (κ3) is 4.31. The highest BCUT2D eigenvalue weighted by Gasteiger charge is 2.02. The first-order valence-corrected chi connectivity index (χ1v) is 5.64. The van der Waals surface area contributed by atoms with E-state index in [0.717, 1.165) is 0 Å². The Morgan fingerprint density at radius 2 is 1.82 bits per heavy atom. The van der Waals surface area contributed by atoms with Crippen LogP contribution in [-0.4, -0.2) is 25.3 Å². The normalized spacial score (nSPS) is 11.5. The predicted molar refractivity (Wildman–Crippen MR) is 69.0 cm³/mol. The molecule has 0 N–H and O–H groups in total. The number of aldehydes is 1. The molecule has 0 heterocycles. The molecule has 0 aliphatic rings. The fourth-order valence-electron chi connectivity index (χ4n) is 1.39. The molecule has 1 rings (SSSR count). The Morgan fingerprint density at radius 1 is 1.24 bits per heavy atom. The highest BCUT2D eigenvalue weighted by molar-refractivity contribution is 5.70. The molecule has 0 spiro atoms. The minimum Gasteiger partial charge on any atom is -0.452 e. The number of carbonyl (C=O) groups is 1. The minimum absolute atomic E-state index is 0.298. The maximum absolute atomic E-state index is 10.8. The molecule has 92 valence electrons. The van der Waals surface area contributed by atoms with E-state index in [1.807, 2.05) is 38.4 Å². The van der Waals surface area contributed by atoms with Gasteiger partial charge in [-0.2, -0.15) is 0 Å². The minimum atomic E-state index is 0.298. The van der Waals surface area contributed by atoms with Gasteiger partial charge in [0.15, 0.2) is 12.0 Å². The Kier molecular flexibility index (Phi) is 4.76. The Balaban J connectivity index is 2.77. The first-order valence-electron chi connectivity index (χ1n) is 5.64. The average Bonchev–Trinajstić information content (AvgIpc) is 2.28. The number of nitrogens with zero attached hydrogens (tertiary/aromatic N) is 1. The Morgan fingerprint density at radius 3 is 2.24 bits per heavy atom. The van der Waals surface area contributed by atoms with Crippen molar-refractivity contribution in [2.24, 2.45) is 0 Å². The summed E-state index contributed by atoms with van der Waals surface area (Å²) in [6.07, 6.45) is 2.35. The van der Waals surface area contributed by atoms with Gasteiger partial charge < -0.3 is 9.64 Å². The van der Waals surface area contributed by atoms with Crippen molar-refractivity contribution in [2.75, 3.05) is 14.1 Å². The molecule has 1 aromatic carbocycles. The quantitative estimate of drug-likeness (QED) is 0.445. The van der Waals surface area contributed by atoms with E-state index in [4.69, 9.17) is 4.74 Å². The summed E-state index contributed by atoms with van der Waals surface area (Å²) in [5.74, 6) is 1.47. The second kappa shape index (κ2) is 6.09. The van der Waals surface area contributed by atoms with Crippen molar-refractivity contribution in [1.82, 2.24) is 4.90 Å².